The van der Waals surface area contributed by atoms with E-state index in [1.807, 2.05) is 0 Å². The van der Waals surface area contributed by atoms with Crippen LogP contribution in [-0.4, -0.2) is 6.36 Å². The first-order valence-electron chi connectivity index (χ1n) is 3.73. The fourth-order valence-electron chi connectivity index (χ4n) is 0.915. The van der Waals surface area contributed by atoms with Crippen LogP contribution < -0.4 is 4.74 Å². The largest absolute Gasteiger partial charge is 0.573 e. The van der Waals surface area contributed by atoms with Crippen molar-refractivity contribution in [2.75, 3.05) is 0 Å². The summed E-state index contributed by atoms with van der Waals surface area (Å²) in [5.74, 6) is -4.84. The summed E-state index contributed by atoms with van der Waals surface area (Å²) < 4.78 is 87.7. The molecule has 0 unspecified atom stereocenters. The zero-order valence-corrected chi connectivity index (χ0v) is 7.29. The molecular weight excluding hydrogens is 245 g/mol. The van der Waals surface area contributed by atoms with E-state index in [1.54, 1.807) is 0 Å². The maximum atomic E-state index is 12.7. The summed E-state index contributed by atoms with van der Waals surface area (Å²) in [4.78, 5) is 0. The molecule has 1 nitrogen and oxygen atoms in total. The van der Waals surface area contributed by atoms with Crippen molar-refractivity contribution in [3.63, 3.8) is 0 Å². The smallest absolute Gasteiger partial charge is 0.403 e. The molecule has 0 saturated carbocycles. The minimum atomic E-state index is -5.24. The van der Waals surface area contributed by atoms with Gasteiger partial charge in [-0.15, -0.1) is 13.2 Å². The maximum Gasteiger partial charge on any atom is 0.573 e. The molecule has 0 aromatic heterocycles. The number of hydrogen-bond donors (Lipinski definition) is 0. The highest BCUT2D eigenvalue weighted by Crippen LogP contribution is 2.31. The SMILES string of the molecule is Fc1cc(F)c(C(F)F)cc1OC(F)(F)F. The molecule has 8 heteroatoms. The molecule has 0 aliphatic carbocycles. The number of alkyl halides is 5. The van der Waals surface area contributed by atoms with Crippen LogP contribution in [0.25, 0.3) is 0 Å². The Labute approximate surface area is 84.4 Å². The lowest BCUT2D eigenvalue weighted by Gasteiger charge is -2.11. The number of halogens is 7. The Hall–Kier alpha value is -1.47. The van der Waals surface area contributed by atoms with Crippen LogP contribution >= 0.6 is 0 Å². The zero-order chi connectivity index (χ0) is 12.5. The van der Waals surface area contributed by atoms with E-state index in [4.69, 9.17) is 0 Å². The maximum absolute atomic E-state index is 12.7. The van der Waals surface area contributed by atoms with Gasteiger partial charge in [-0.2, -0.15) is 0 Å². The van der Waals surface area contributed by atoms with E-state index >= 15 is 0 Å². The van der Waals surface area contributed by atoms with Gasteiger partial charge in [0.2, 0.25) is 0 Å². The van der Waals surface area contributed by atoms with Gasteiger partial charge in [0.25, 0.3) is 6.43 Å². The average Bonchev–Trinajstić information content (AvgIpc) is 2.07. The first-order chi connectivity index (χ1) is 7.20. The van der Waals surface area contributed by atoms with Crippen LogP contribution in [0.2, 0.25) is 0 Å². The Kier molecular flexibility index (Phi) is 3.30. The number of benzene rings is 1. The van der Waals surface area contributed by atoms with E-state index in [9.17, 15) is 30.7 Å². The molecule has 0 amide bonds. The quantitative estimate of drug-likeness (QED) is 0.723. The topological polar surface area (TPSA) is 9.23 Å². The van der Waals surface area contributed by atoms with Gasteiger partial charge in [-0.25, -0.2) is 17.6 Å². The first kappa shape index (κ1) is 12.6. The molecule has 0 radical (unpaired) electrons. The van der Waals surface area contributed by atoms with Crippen molar-refractivity contribution in [2.45, 2.75) is 12.8 Å². The first-order valence-corrected chi connectivity index (χ1v) is 3.73. The fourth-order valence-corrected chi connectivity index (χ4v) is 0.915. The Balaban J connectivity index is 3.15. The summed E-state index contributed by atoms with van der Waals surface area (Å²) in [5.41, 5.74) is -1.36. The molecular formula is C8H3F7O. The number of rotatable bonds is 2. The van der Waals surface area contributed by atoms with Gasteiger partial charge in [0.05, 0.1) is 5.56 Å². The molecule has 1 rings (SSSR count). The second kappa shape index (κ2) is 4.18. The minimum Gasteiger partial charge on any atom is -0.403 e. The van der Waals surface area contributed by atoms with Gasteiger partial charge in [0.15, 0.2) is 11.6 Å². The Morgan fingerprint density at radius 3 is 2.00 bits per heavy atom. The lowest BCUT2D eigenvalue weighted by molar-refractivity contribution is -0.275. The fraction of sp³-hybridized carbons (Fsp3) is 0.250. The molecule has 0 aliphatic rings. The van der Waals surface area contributed by atoms with Gasteiger partial charge in [0, 0.05) is 6.07 Å². The molecule has 0 fully saturated rings. The normalized spacial score (nSPS) is 12.0. The standard InChI is InChI=1S/C8H3F7O/c9-4-2-5(10)6(16-8(13,14)15)1-3(4)7(11)12/h1-2,7H. The lowest BCUT2D eigenvalue weighted by Crippen LogP contribution is -2.18. The van der Waals surface area contributed by atoms with E-state index < -0.39 is 35.7 Å². The second-order valence-electron chi connectivity index (χ2n) is 2.65. The van der Waals surface area contributed by atoms with Crippen molar-refractivity contribution in [3.8, 4) is 5.75 Å². The van der Waals surface area contributed by atoms with Gasteiger partial charge < -0.3 is 4.74 Å². The van der Waals surface area contributed by atoms with Crippen LogP contribution in [0.3, 0.4) is 0 Å². The average molecular weight is 248 g/mol. The molecule has 0 heterocycles. The summed E-state index contributed by atoms with van der Waals surface area (Å²) in [6, 6.07) is -0.120. The highest BCUT2D eigenvalue weighted by molar-refractivity contribution is 5.32. The van der Waals surface area contributed by atoms with E-state index in [1.165, 1.54) is 0 Å². The third-order valence-corrected chi connectivity index (χ3v) is 1.51. The van der Waals surface area contributed by atoms with Gasteiger partial charge in [-0.1, -0.05) is 0 Å². The van der Waals surface area contributed by atoms with Crippen molar-refractivity contribution in [1.29, 1.82) is 0 Å². The molecule has 1 aromatic rings. The van der Waals surface area contributed by atoms with Gasteiger partial charge in [0.1, 0.15) is 5.82 Å². The Bertz CT molecular complexity index is 385. The third kappa shape index (κ3) is 3.01. The second-order valence-corrected chi connectivity index (χ2v) is 2.65. The predicted molar refractivity (Wildman–Crippen MR) is 38.0 cm³/mol. The number of hydrogen-bond acceptors (Lipinski definition) is 1. The van der Waals surface area contributed by atoms with E-state index in [2.05, 4.69) is 4.74 Å². The molecule has 90 valence electrons. The zero-order valence-electron chi connectivity index (χ0n) is 7.29. The Morgan fingerprint density at radius 1 is 1.00 bits per heavy atom. The van der Waals surface area contributed by atoms with Gasteiger partial charge >= 0.3 is 6.36 Å². The lowest BCUT2D eigenvalue weighted by atomic mass is 10.2. The summed E-state index contributed by atoms with van der Waals surface area (Å²) >= 11 is 0. The molecule has 0 aliphatic heterocycles. The Morgan fingerprint density at radius 2 is 1.56 bits per heavy atom. The third-order valence-electron chi connectivity index (χ3n) is 1.51. The molecule has 0 saturated heterocycles. The van der Waals surface area contributed by atoms with E-state index in [-0.39, 0.29) is 12.1 Å². The van der Waals surface area contributed by atoms with Crippen molar-refractivity contribution in [2.24, 2.45) is 0 Å². The number of ether oxygens (including phenoxy) is 1. The van der Waals surface area contributed by atoms with E-state index in [0.29, 0.717) is 0 Å². The van der Waals surface area contributed by atoms with Crippen LogP contribution in [0.5, 0.6) is 5.75 Å². The van der Waals surface area contributed by atoms with Crippen LogP contribution in [0.4, 0.5) is 30.7 Å². The minimum absolute atomic E-state index is 0.0250. The molecule has 16 heavy (non-hydrogen) atoms. The molecule has 0 spiro atoms. The molecule has 1 aromatic carbocycles. The van der Waals surface area contributed by atoms with Crippen LogP contribution in [0.15, 0.2) is 12.1 Å². The summed E-state index contributed by atoms with van der Waals surface area (Å²) in [7, 11) is 0. The highest BCUT2D eigenvalue weighted by Gasteiger charge is 2.33. The van der Waals surface area contributed by atoms with E-state index in [0.717, 1.165) is 0 Å². The highest BCUT2D eigenvalue weighted by atomic mass is 19.4. The molecule has 0 atom stereocenters. The van der Waals surface area contributed by atoms with Crippen molar-refractivity contribution in [1.82, 2.24) is 0 Å². The monoisotopic (exact) mass is 248 g/mol. The summed E-state index contributed by atoms with van der Waals surface area (Å²) in [6.45, 7) is 0. The van der Waals surface area contributed by atoms with Crippen molar-refractivity contribution < 1.29 is 35.5 Å². The van der Waals surface area contributed by atoms with Crippen molar-refractivity contribution >= 4 is 0 Å². The predicted octanol–water partition coefficient (Wildman–Crippen LogP) is 3.80. The van der Waals surface area contributed by atoms with Crippen molar-refractivity contribution in [3.05, 3.63) is 29.3 Å². The van der Waals surface area contributed by atoms with Gasteiger partial charge in [-0.05, 0) is 6.07 Å². The summed E-state index contributed by atoms with van der Waals surface area (Å²) in [6.07, 6.45) is -8.60. The van der Waals surface area contributed by atoms with Gasteiger partial charge in [-0.3, -0.25) is 0 Å². The van der Waals surface area contributed by atoms with Crippen LogP contribution in [-0.2, 0) is 0 Å². The summed E-state index contributed by atoms with van der Waals surface area (Å²) in [5, 5.41) is 0. The molecule has 0 N–H and O–H groups in total. The van der Waals surface area contributed by atoms with Crippen LogP contribution in [0.1, 0.15) is 12.0 Å². The molecule has 0 bridgehead atoms. The van der Waals surface area contributed by atoms with Crippen LogP contribution in [0, 0.1) is 11.6 Å².